The minimum Gasteiger partial charge on any atom is -0.285 e. The molecule has 0 aromatic carbocycles. The van der Waals surface area contributed by atoms with Crippen molar-refractivity contribution in [1.82, 2.24) is 4.98 Å². The molecule has 0 aliphatic rings. The molecule has 2 heterocycles. The minimum absolute atomic E-state index is 0.833. The number of hydrogen-bond donors (Lipinski definition) is 1. The summed E-state index contributed by atoms with van der Waals surface area (Å²) in [6, 6.07) is 11.1. The largest absolute Gasteiger partial charge is 0.285 e. The second-order valence-corrected chi connectivity index (χ2v) is 9.21. The summed E-state index contributed by atoms with van der Waals surface area (Å²) in [5.74, 6) is 3.33. The Labute approximate surface area is 183 Å². The Kier molecular flexibility index (Phi) is 33.8. The molecule has 0 spiro atoms. The first-order chi connectivity index (χ1) is 13.3. The normalized spacial score (nSPS) is 8.69. The van der Waals surface area contributed by atoms with Crippen LogP contribution >= 0.6 is 0 Å². The molecule has 170 valence electrons. The summed E-state index contributed by atoms with van der Waals surface area (Å²) in [5.41, 5.74) is 0. The van der Waals surface area contributed by atoms with Gasteiger partial charge in [0.25, 0.3) is 0 Å². The predicted molar refractivity (Wildman–Crippen MR) is 130 cm³/mol. The standard InChI is InChI=1S/C5H6NO.C5H5N.4C4H10/c7-6-4-2-1-3-5-6;1-2-4-6-5-3-1;4*1-4(2)3/h1-5,7H;1-5H;4*4H,1-3H3/q+1;;;;;. The SMILES string of the molecule is CC(C)C.CC(C)C.CC(C)C.CC(C)C.O[n+]1ccccc1.c1ccncc1. The molecule has 29 heavy (non-hydrogen) atoms. The van der Waals surface area contributed by atoms with Gasteiger partial charge >= 0.3 is 0 Å². The highest BCUT2D eigenvalue weighted by molar-refractivity contribution is 4.88. The van der Waals surface area contributed by atoms with Crippen molar-refractivity contribution in [2.75, 3.05) is 0 Å². The molecule has 0 saturated heterocycles. The Morgan fingerprint density at radius 3 is 0.828 bits per heavy atom. The molecule has 0 saturated carbocycles. The van der Waals surface area contributed by atoms with E-state index in [1.54, 1.807) is 36.9 Å². The van der Waals surface area contributed by atoms with Crippen molar-refractivity contribution in [3.63, 3.8) is 0 Å². The van der Waals surface area contributed by atoms with Crippen LogP contribution in [-0.4, -0.2) is 10.2 Å². The second kappa shape index (κ2) is 28.3. The van der Waals surface area contributed by atoms with Gasteiger partial charge in [-0.1, -0.05) is 95.2 Å². The van der Waals surface area contributed by atoms with Crippen LogP contribution in [-0.2, 0) is 0 Å². The summed E-state index contributed by atoms with van der Waals surface area (Å²) in [4.78, 5) is 3.78. The van der Waals surface area contributed by atoms with Crippen LogP contribution in [0.2, 0.25) is 0 Å². The first kappa shape index (κ1) is 34.6. The molecule has 0 amide bonds. The molecule has 3 nitrogen and oxygen atoms in total. The van der Waals surface area contributed by atoms with Crippen LogP contribution in [0.1, 0.15) is 83.1 Å². The molecular weight excluding hydrogens is 356 g/mol. The zero-order chi connectivity index (χ0) is 23.7. The summed E-state index contributed by atoms with van der Waals surface area (Å²) in [6.07, 6.45) is 6.61. The molecule has 0 bridgehead atoms. The number of nitrogens with zero attached hydrogens (tertiary/aromatic N) is 2. The van der Waals surface area contributed by atoms with E-state index in [0.717, 1.165) is 28.4 Å². The first-order valence-electron chi connectivity index (χ1n) is 10.8. The van der Waals surface area contributed by atoms with Crippen molar-refractivity contribution >= 4 is 0 Å². The molecule has 3 heteroatoms. The minimum atomic E-state index is 0.833. The molecule has 0 aliphatic carbocycles. The van der Waals surface area contributed by atoms with Gasteiger partial charge < -0.3 is 0 Å². The maximum absolute atomic E-state index is 8.55. The topological polar surface area (TPSA) is 37.0 Å². The van der Waals surface area contributed by atoms with Gasteiger partial charge in [0.2, 0.25) is 12.4 Å². The number of pyridine rings is 2. The molecule has 0 radical (unpaired) electrons. The molecule has 0 aliphatic heterocycles. The van der Waals surface area contributed by atoms with Gasteiger partial charge in [0.05, 0.1) is 0 Å². The Morgan fingerprint density at radius 1 is 0.483 bits per heavy atom. The molecule has 0 unspecified atom stereocenters. The van der Waals surface area contributed by atoms with E-state index >= 15 is 0 Å². The smallest absolute Gasteiger partial charge is 0.222 e. The maximum Gasteiger partial charge on any atom is 0.222 e. The van der Waals surface area contributed by atoms with Crippen LogP contribution in [0.5, 0.6) is 0 Å². The quantitative estimate of drug-likeness (QED) is 0.355. The molecule has 2 aromatic heterocycles. The zero-order valence-corrected chi connectivity index (χ0v) is 21.4. The van der Waals surface area contributed by atoms with Crippen LogP contribution in [0.4, 0.5) is 0 Å². The number of aromatic nitrogens is 2. The molecule has 2 rings (SSSR count). The summed E-state index contributed by atoms with van der Waals surface area (Å²) >= 11 is 0. The van der Waals surface area contributed by atoms with Crippen LogP contribution < -0.4 is 4.73 Å². The summed E-state index contributed by atoms with van der Waals surface area (Å²) < 4.78 is 1.00. The van der Waals surface area contributed by atoms with Gasteiger partial charge in [0.1, 0.15) is 0 Å². The fourth-order valence-corrected chi connectivity index (χ4v) is 0.702. The van der Waals surface area contributed by atoms with Gasteiger partial charge in [-0.25, -0.2) is 0 Å². The molecule has 1 N–H and O–H groups in total. The van der Waals surface area contributed by atoms with E-state index in [9.17, 15) is 0 Å². The van der Waals surface area contributed by atoms with Gasteiger partial charge in [0, 0.05) is 29.3 Å². The third-order valence-electron chi connectivity index (χ3n) is 1.27. The van der Waals surface area contributed by atoms with E-state index in [1.165, 1.54) is 0 Å². The van der Waals surface area contributed by atoms with E-state index in [0.29, 0.717) is 0 Å². The molecule has 0 atom stereocenters. The lowest BCUT2D eigenvalue weighted by molar-refractivity contribution is -0.904. The summed E-state index contributed by atoms with van der Waals surface area (Å²) in [5, 5.41) is 8.55. The van der Waals surface area contributed by atoms with E-state index in [1.807, 2.05) is 24.3 Å². The third kappa shape index (κ3) is 104. The van der Waals surface area contributed by atoms with Crippen molar-refractivity contribution < 1.29 is 9.94 Å². The van der Waals surface area contributed by atoms with Crippen LogP contribution in [0.15, 0.2) is 61.2 Å². The number of hydrogen-bond acceptors (Lipinski definition) is 2. The van der Waals surface area contributed by atoms with Crippen LogP contribution in [0, 0.1) is 23.7 Å². The van der Waals surface area contributed by atoms with Crippen molar-refractivity contribution in [3.05, 3.63) is 61.2 Å². The fourth-order valence-electron chi connectivity index (χ4n) is 0.702. The van der Waals surface area contributed by atoms with Gasteiger partial charge in [-0.05, 0) is 35.8 Å². The van der Waals surface area contributed by atoms with Crippen molar-refractivity contribution in [3.8, 4) is 0 Å². The summed E-state index contributed by atoms with van der Waals surface area (Å²) in [7, 11) is 0. The molecular formula is C26H51N2O+. The maximum atomic E-state index is 8.55. The highest BCUT2D eigenvalue weighted by Gasteiger charge is 1.82. The van der Waals surface area contributed by atoms with Crippen molar-refractivity contribution in [2.24, 2.45) is 23.7 Å². The van der Waals surface area contributed by atoms with Crippen molar-refractivity contribution in [2.45, 2.75) is 83.1 Å². The van der Waals surface area contributed by atoms with E-state index < -0.39 is 0 Å². The van der Waals surface area contributed by atoms with Crippen LogP contribution in [0.3, 0.4) is 0 Å². The molecule has 0 fully saturated rings. The van der Waals surface area contributed by atoms with Gasteiger partial charge in [0.15, 0.2) is 0 Å². The lowest BCUT2D eigenvalue weighted by Crippen LogP contribution is -2.27. The highest BCUT2D eigenvalue weighted by atomic mass is 16.5. The fraction of sp³-hybridized carbons (Fsp3) is 0.615. The van der Waals surface area contributed by atoms with Gasteiger partial charge in [-0.2, -0.15) is 0 Å². The van der Waals surface area contributed by atoms with E-state index in [-0.39, 0.29) is 0 Å². The van der Waals surface area contributed by atoms with Gasteiger partial charge in [-0.3, -0.25) is 10.2 Å². The lowest BCUT2D eigenvalue weighted by atomic mass is 10.3. The summed E-state index contributed by atoms with van der Waals surface area (Å²) in [6.45, 7) is 26.0. The monoisotopic (exact) mass is 407 g/mol. The molecule has 2 aromatic rings. The Bertz CT molecular complexity index is 407. The first-order valence-corrected chi connectivity index (χ1v) is 10.8. The Balaban J connectivity index is -0.000000132. The Hall–Kier alpha value is -1.90. The third-order valence-corrected chi connectivity index (χ3v) is 1.27. The lowest BCUT2D eigenvalue weighted by Gasteiger charge is -1.79. The average molecular weight is 408 g/mol. The second-order valence-electron chi connectivity index (χ2n) is 9.21. The number of rotatable bonds is 0. The van der Waals surface area contributed by atoms with E-state index in [4.69, 9.17) is 5.21 Å². The van der Waals surface area contributed by atoms with E-state index in [2.05, 4.69) is 88.1 Å². The van der Waals surface area contributed by atoms with Crippen LogP contribution in [0.25, 0.3) is 0 Å². The average Bonchev–Trinajstić information content (AvgIpc) is 2.56. The predicted octanol–water partition coefficient (Wildman–Crippen LogP) is 7.94. The Morgan fingerprint density at radius 2 is 0.724 bits per heavy atom. The zero-order valence-electron chi connectivity index (χ0n) is 21.4. The van der Waals surface area contributed by atoms with Gasteiger partial charge in [-0.15, -0.1) is 0 Å². The van der Waals surface area contributed by atoms with Crippen molar-refractivity contribution in [1.29, 1.82) is 0 Å². The highest BCUT2D eigenvalue weighted by Crippen LogP contribution is 1.82.